The van der Waals surface area contributed by atoms with Gasteiger partial charge in [-0.2, -0.15) is 0 Å². The van der Waals surface area contributed by atoms with Gasteiger partial charge in [0.05, 0.1) is 11.3 Å². The summed E-state index contributed by atoms with van der Waals surface area (Å²) in [6.45, 7) is 3.86. The number of nitrogens with zero attached hydrogens (tertiary/aromatic N) is 3. The molecule has 1 aliphatic rings. The molecular formula is C18H16N4O2S. The minimum atomic E-state index is -0.351. The van der Waals surface area contributed by atoms with Crippen molar-refractivity contribution in [2.45, 2.75) is 0 Å². The highest BCUT2D eigenvalue weighted by Crippen LogP contribution is 2.26. The number of rotatable bonds is 2. The lowest BCUT2D eigenvalue weighted by Gasteiger charge is -2.29. The molecular weight excluding hydrogens is 336 g/mol. The molecule has 1 saturated heterocycles. The van der Waals surface area contributed by atoms with Gasteiger partial charge in [0, 0.05) is 61.1 Å². The second-order valence-corrected chi connectivity index (χ2v) is 7.00. The number of aromatic nitrogens is 2. The molecule has 0 radical (unpaired) electrons. The maximum Gasteiger partial charge on any atom is 0.345 e. The molecule has 1 fully saturated rings. The fraction of sp³-hybridized carbons (Fsp3) is 0.222. The van der Waals surface area contributed by atoms with Crippen LogP contribution in [0.5, 0.6) is 0 Å². The molecule has 1 N–H and O–H groups in total. The van der Waals surface area contributed by atoms with E-state index in [-0.39, 0.29) is 5.63 Å². The number of benzene rings is 1. The van der Waals surface area contributed by atoms with Crippen LogP contribution in [0.2, 0.25) is 0 Å². The Hall–Kier alpha value is -2.64. The summed E-state index contributed by atoms with van der Waals surface area (Å²) in [5, 5.41) is 6.21. The lowest BCUT2D eigenvalue weighted by atomic mass is 10.1. The summed E-state index contributed by atoms with van der Waals surface area (Å²) in [6.07, 6.45) is 3.79. The first-order chi connectivity index (χ1) is 12.3. The van der Waals surface area contributed by atoms with E-state index in [4.69, 9.17) is 4.42 Å². The van der Waals surface area contributed by atoms with Crippen LogP contribution in [-0.4, -0.2) is 35.6 Å². The highest BCUT2D eigenvalue weighted by atomic mass is 32.1. The van der Waals surface area contributed by atoms with E-state index in [2.05, 4.69) is 21.3 Å². The zero-order valence-corrected chi connectivity index (χ0v) is 14.3. The average Bonchev–Trinajstić information content (AvgIpc) is 3.23. The predicted molar refractivity (Wildman–Crippen MR) is 99.6 cm³/mol. The number of nitrogens with one attached hydrogen (secondary N) is 1. The highest BCUT2D eigenvalue weighted by Gasteiger charge is 2.15. The van der Waals surface area contributed by atoms with Crippen molar-refractivity contribution in [3.05, 3.63) is 52.5 Å². The van der Waals surface area contributed by atoms with Gasteiger partial charge in [0.15, 0.2) is 4.96 Å². The third-order valence-corrected chi connectivity index (χ3v) is 5.34. The first-order valence-electron chi connectivity index (χ1n) is 8.24. The lowest BCUT2D eigenvalue weighted by molar-refractivity contribution is 0.561. The fourth-order valence-corrected chi connectivity index (χ4v) is 3.96. The Balaban J connectivity index is 1.59. The first kappa shape index (κ1) is 14.7. The average molecular weight is 352 g/mol. The number of thiazole rings is 1. The van der Waals surface area contributed by atoms with E-state index in [9.17, 15) is 4.79 Å². The molecule has 6 nitrogen and oxygen atoms in total. The Morgan fingerprint density at radius 1 is 1.20 bits per heavy atom. The minimum Gasteiger partial charge on any atom is -0.422 e. The largest absolute Gasteiger partial charge is 0.422 e. The van der Waals surface area contributed by atoms with Gasteiger partial charge in [0.25, 0.3) is 0 Å². The molecule has 5 rings (SSSR count). The zero-order chi connectivity index (χ0) is 16.8. The normalized spacial score (nSPS) is 15.3. The van der Waals surface area contributed by atoms with Crippen molar-refractivity contribution in [2.24, 2.45) is 0 Å². The molecule has 4 heterocycles. The maximum atomic E-state index is 12.5. The number of piperazine rings is 1. The highest BCUT2D eigenvalue weighted by molar-refractivity contribution is 7.15. The Bertz CT molecular complexity index is 1090. The topological polar surface area (TPSA) is 62.8 Å². The first-order valence-corrected chi connectivity index (χ1v) is 9.12. The zero-order valence-electron chi connectivity index (χ0n) is 13.4. The van der Waals surface area contributed by atoms with Crippen molar-refractivity contribution in [3.8, 4) is 11.3 Å². The predicted octanol–water partition coefficient (Wildman–Crippen LogP) is 2.58. The van der Waals surface area contributed by atoms with Gasteiger partial charge >= 0.3 is 5.63 Å². The summed E-state index contributed by atoms with van der Waals surface area (Å²) < 4.78 is 7.52. The van der Waals surface area contributed by atoms with Crippen molar-refractivity contribution in [3.63, 3.8) is 0 Å². The van der Waals surface area contributed by atoms with Crippen LogP contribution in [0.3, 0.4) is 0 Å². The molecule has 126 valence electrons. The van der Waals surface area contributed by atoms with Crippen molar-refractivity contribution in [1.29, 1.82) is 0 Å². The van der Waals surface area contributed by atoms with Gasteiger partial charge in [-0.15, -0.1) is 11.3 Å². The lowest BCUT2D eigenvalue weighted by Crippen LogP contribution is -2.43. The van der Waals surface area contributed by atoms with E-state index >= 15 is 0 Å². The van der Waals surface area contributed by atoms with Gasteiger partial charge < -0.3 is 14.6 Å². The molecule has 0 atom stereocenters. The van der Waals surface area contributed by atoms with Crippen molar-refractivity contribution >= 4 is 33.0 Å². The number of fused-ring (bicyclic) bond motifs is 2. The van der Waals surface area contributed by atoms with Gasteiger partial charge in [-0.25, -0.2) is 9.78 Å². The standard InChI is InChI=1S/C18H16N4O2S/c23-17-14(15-11-22-7-8-25-18(22)20-15)9-12-1-2-13(10-16(12)24-17)21-5-3-19-4-6-21/h1-2,7-11,19H,3-6H2. The van der Waals surface area contributed by atoms with Crippen LogP contribution in [0, 0.1) is 0 Å². The number of imidazole rings is 1. The summed E-state index contributed by atoms with van der Waals surface area (Å²) in [6, 6.07) is 7.92. The summed E-state index contributed by atoms with van der Waals surface area (Å²) in [5.41, 5.74) is 2.50. The van der Waals surface area contributed by atoms with Gasteiger partial charge in [-0.3, -0.25) is 4.40 Å². The van der Waals surface area contributed by atoms with E-state index in [0.717, 1.165) is 42.2 Å². The van der Waals surface area contributed by atoms with Crippen LogP contribution in [0.4, 0.5) is 5.69 Å². The van der Waals surface area contributed by atoms with Crippen LogP contribution in [0.25, 0.3) is 27.2 Å². The van der Waals surface area contributed by atoms with Gasteiger partial charge in [0.1, 0.15) is 5.58 Å². The third kappa shape index (κ3) is 2.52. The van der Waals surface area contributed by atoms with Crippen LogP contribution in [0.15, 0.2) is 51.3 Å². The molecule has 0 amide bonds. The SMILES string of the molecule is O=c1oc2cc(N3CCNCC3)ccc2cc1-c1cn2ccsc2n1. The Kier molecular flexibility index (Phi) is 3.36. The summed E-state index contributed by atoms with van der Waals surface area (Å²) in [5.74, 6) is 0. The van der Waals surface area contributed by atoms with E-state index < -0.39 is 0 Å². The second kappa shape index (κ2) is 5.72. The van der Waals surface area contributed by atoms with Gasteiger partial charge in [0.2, 0.25) is 0 Å². The van der Waals surface area contributed by atoms with Crippen molar-refractivity contribution < 1.29 is 4.42 Å². The maximum absolute atomic E-state index is 12.5. The minimum absolute atomic E-state index is 0.351. The molecule has 7 heteroatoms. The molecule has 1 aromatic carbocycles. The molecule has 0 unspecified atom stereocenters. The monoisotopic (exact) mass is 352 g/mol. The molecule has 25 heavy (non-hydrogen) atoms. The molecule has 3 aromatic heterocycles. The molecule has 1 aliphatic heterocycles. The Morgan fingerprint density at radius 3 is 2.92 bits per heavy atom. The van der Waals surface area contributed by atoms with Crippen molar-refractivity contribution in [1.82, 2.24) is 14.7 Å². The summed E-state index contributed by atoms with van der Waals surface area (Å²) in [4.78, 5) is 20.2. The summed E-state index contributed by atoms with van der Waals surface area (Å²) in [7, 11) is 0. The Morgan fingerprint density at radius 2 is 2.08 bits per heavy atom. The van der Waals surface area contributed by atoms with Crippen molar-refractivity contribution in [2.75, 3.05) is 31.1 Å². The third-order valence-electron chi connectivity index (χ3n) is 4.57. The Labute approximate surface area is 147 Å². The quantitative estimate of drug-likeness (QED) is 0.562. The van der Waals surface area contributed by atoms with E-state index in [1.807, 2.05) is 40.4 Å². The molecule has 0 bridgehead atoms. The molecule has 0 spiro atoms. The van der Waals surface area contributed by atoms with Gasteiger partial charge in [-0.1, -0.05) is 0 Å². The molecule has 0 saturated carbocycles. The van der Waals surface area contributed by atoms with Crippen LogP contribution >= 0.6 is 11.3 Å². The second-order valence-electron chi connectivity index (χ2n) is 6.13. The van der Waals surface area contributed by atoms with E-state index in [1.54, 1.807) is 0 Å². The summed E-state index contributed by atoms with van der Waals surface area (Å²) >= 11 is 1.54. The molecule has 4 aromatic rings. The van der Waals surface area contributed by atoms with Crippen LogP contribution < -0.4 is 15.8 Å². The van der Waals surface area contributed by atoms with Crippen LogP contribution in [0.1, 0.15) is 0 Å². The number of hydrogen-bond donors (Lipinski definition) is 1. The van der Waals surface area contributed by atoms with E-state index in [1.165, 1.54) is 11.3 Å². The van der Waals surface area contributed by atoms with E-state index in [0.29, 0.717) is 16.8 Å². The smallest absolute Gasteiger partial charge is 0.345 e. The number of anilines is 1. The molecule has 0 aliphatic carbocycles. The number of hydrogen-bond acceptors (Lipinski definition) is 6. The van der Waals surface area contributed by atoms with Crippen LogP contribution in [-0.2, 0) is 0 Å². The fourth-order valence-electron chi connectivity index (χ4n) is 3.26. The van der Waals surface area contributed by atoms with Gasteiger partial charge in [-0.05, 0) is 18.2 Å².